The van der Waals surface area contributed by atoms with Crippen molar-refractivity contribution in [3.8, 4) is 11.5 Å². The average molecular weight is 543 g/mol. The molecule has 3 aromatic rings. The summed E-state index contributed by atoms with van der Waals surface area (Å²) in [4.78, 5) is 37.8. The average Bonchev–Trinajstić information content (AvgIpc) is 3.41. The summed E-state index contributed by atoms with van der Waals surface area (Å²) in [5.41, 5.74) is 1.67. The molecule has 2 aromatic carbocycles. The Labute approximate surface area is 222 Å². The highest BCUT2D eigenvalue weighted by Gasteiger charge is 2.20. The number of hydrogen-bond acceptors (Lipinski definition) is 7. The third-order valence-electron chi connectivity index (χ3n) is 5.95. The summed E-state index contributed by atoms with van der Waals surface area (Å²) in [5, 5.41) is 22.2. The summed E-state index contributed by atoms with van der Waals surface area (Å²) in [6.07, 6.45) is 4.13. The van der Waals surface area contributed by atoms with Crippen LogP contribution in [-0.2, 0) is 16.1 Å². The highest BCUT2D eigenvalue weighted by Crippen LogP contribution is 2.22. The van der Waals surface area contributed by atoms with E-state index in [0.717, 1.165) is 44.5 Å². The van der Waals surface area contributed by atoms with Crippen LogP contribution in [0.5, 0.6) is 0 Å². The number of carboxylic acids is 2. The Balaban J connectivity index is 0.000000459. The number of aromatic nitrogens is 2. The number of hydrogen-bond donors (Lipinski definition) is 3. The largest absolute Gasteiger partial charge is 0.478 e. The maximum Gasteiger partial charge on any atom is 0.328 e. The number of likely N-dealkylation sites (tertiary alicyclic amines) is 1. The van der Waals surface area contributed by atoms with Crippen molar-refractivity contribution in [3.63, 3.8) is 0 Å². The number of benzene rings is 2. The van der Waals surface area contributed by atoms with E-state index in [9.17, 15) is 23.2 Å². The molecule has 0 radical (unpaired) electrons. The van der Waals surface area contributed by atoms with Crippen molar-refractivity contribution in [1.29, 1.82) is 0 Å². The van der Waals surface area contributed by atoms with E-state index in [1.807, 2.05) is 12.1 Å². The fourth-order valence-electron chi connectivity index (χ4n) is 3.92. The van der Waals surface area contributed by atoms with Gasteiger partial charge in [-0.1, -0.05) is 17.3 Å². The predicted molar refractivity (Wildman–Crippen MR) is 135 cm³/mol. The van der Waals surface area contributed by atoms with E-state index in [-0.39, 0.29) is 29.3 Å². The zero-order chi connectivity index (χ0) is 28.2. The van der Waals surface area contributed by atoms with Crippen molar-refractivity contribution in [1.82, 2.24) is 20.4 Å². The van der Waals surface area contributed by atoms with E-state index in [0.29, 0.717) is 30.2 Å². The van der Waals surface area contributed by atoms with Crippen LogP contribution in [0.2, 0.25) is 0 Å². The Hall–Kier alpha value is -4.45. The van der Waals surface area contributed by atoms with E-state index in [1.165, 1.54) is 36.4 Å². The van der Waals surface area contributed by atoms with Crippen molar-refractivity contribution in [3.05, 3.63) is 83.7 Å². The molecule has 0 unspecified atom stereocenters. The number of piperidine rings is 1. The number of halogens is 2. The summed E-state index contributed by atoms with van der Waals surface area (Å²) < 4.78 is 31.1. The molecule has 1 saturated heterocycles. The lowest BCUT2D eigenvalue weighted by Gasteiger charge is -2.32. The van der Waals surface area contributed by atoms with E-state index < -0.39 is 11.9 Å². The van der Waals surface area contributed by atoms with Gasteiger partial charge in [0.25, 0.3) is 17.6 Å². The van der Waals surface area contributed by atoms with E-state index in [4.69, 9.17) is 14.7 Å². The SMILES string of the molecule is O=C(NCCC1CCN(Cc2ccc(F)cc2)CC1)c1noc(-c2ccc(F)cc2)n1.O=C(O)C=CC(=O)O. The van der Waals surface area contributed by atoms with Crippen molar-refractivity contribution >= 4 is 17.8 Å². The number of carbonyl (C=O) groups excluding carboxylic acids is 1. The van der Waals surface area contributed by atoms with Gasteiger partial charge < -0.3 is 20.1 Å². The van der Waals surface area contributed by atoms with Gasteiger partial charge >= 0.3 is 11.9 Å². The van der Waals surface area contributed by atoms with Gasteiger partial charge in [-0.3, -0.25) is 9.69 Å². The number of aliphatic carboxylic acids is 2. The summed E-state index contributed by atoms with van der Waals surface area (Å²) in [6, 6.07) is 12.3. The second-order valence-corrected chi connectivity index (χ2v) is 8.83. The minimum absolute atomic E-state index is 0.0338. The standard InChI is InChI=1S/C23H24F2N4O2.C4H4O4/c24-19-5-1-17(2-6-19)15-29-13-10-16(11-14-29)9-12-26-22(30)21-27-23(31-28-21)18-3-7-20(25)8-4-18;5-3(6)1-2-4(7)8/h1-8,16H,9-15H2,(H,26,30);1-2H,(H,5,6)(H,7,8). The second-order valence-electron chi connectivity index (χ2n) is 8.83. The topological polar surface area (TPSA) is 146 Å². The second kappa shape index (κ2) is 14.5. The number of nitrogens with one attached hydrogen (secondary N) is 1. The van der Waals surface area contributed by atoms with Gasteiger partial charge in [0.2, 0.25) is 0 Å². The van der Waals surface area contributed by atoms with Crippen molar-refractivity contribution in [2.24, 2.45) is 5.92 Å². The van der Waals surface area contributed by atoms with E-state index in [2.05, 4.69) is 20.4 Å². The zero-order valence-electron chi connectivity index (χ0n) is 20.9. The Bertz CT molecular complexity index is 1250. The third-order valence-corrected chi connectivity index (χ3v) is 5.95. The Morgan fingerprint density at radius 2 is 1.51 bits per heavy atom. The fraction of sp³-hybridized carbons (Fsp3) is 0.296. The molecule has 0 atom stereocenters. The van der Waals surface area contributed by atoms with Gasteiger partial charge in [0.1, 0.15) is 11.6 Å². The molecule has 1 aliphatic heterocycles. The van der Waals surface area contributed by atoms with Crippen molar-refractivity contribution < 1.29 is 37.9 Å². The Morgan fingerprint density at radius 3 is 2.08 bits per heavy atom. The number of nitrogens with zero attached hydrogens (tertiary/aromatic N) is 3. The number of amides is 1. The first-order valence-corrected chi connectivity index (χ1v) is 12.2. The molecule has 2 heterocycles. The van der Waals surface area contributed by atoms with Crippen molar-refractivity contribution in [2.45, 2.75) is 25.8 Å². The van der Waals surface area contributed by atoms with Gasteiger partial charge in [0.15, 0.2) is 0 Å². The molecule has 3 N–H and O–H groups in total. The molecule has 12 heteroatoms. The molecule has 1 fully saturated rings. The van der Waals surface area contributed by atoms with Crippen LogP contribution in [0.4, 0.5) is 8.78 Å². The Kier molecular flexibility index (Phi) is 10.8. The third kappa shape index (κ3) is 10.1. The van der Waals surface area contributed by atoms with Crippen molar-refractivity contribution in [2.75, 3.05) is 19.6 Å². The summed E-state index contributed by atoms with van der Waals surface area (Å²) in [5.74, 6) is -2.78. The maximum atomic E-state index is 13.0. The lowest BCUT2D eigenvalue weighted by Crippen LogP contribution is -2.35. The van der Waals surface area contributed by atoms with Crippen LogP contribution in [0.3, 0.4) is 0 Å². The molecule has 0 saturated carbocycles. The normalized spacial score (nSPS) is 14.0. The van der Waals surface area contributed by atoms with Gasteiger partial charge in [0, 0.05) is 30.8 Å². The number of carboxylic acid groups (broad SMARTS) is 2. The van der Waals surface area contributed by atoms with Gasteiger partial charge in [-0.25, -0.2) is 18.4 Å². The van der Waals surface area contributed by atoms with Crippen LogP contribution in [0.1, 0.15) is 35.4 Å². The molecule has 1 aromatic heterocycles. The first kappa shape index (κ1) is 29.1. The fourth-order valence-corrected chi connectivity index (χ4v) is 3.92. The smallest absolute Gasteiger partial charge is 0.328 e. The van der Waals surface area contributed by atoms with E-state index in [1.54, 1.807) is 0 Å². The minimum atomic E-state index is -1.26. The zero-order valence-corrected chi connectivity index (χ0v) is 20.9. The first-order chi connectivity index (χ1) is 18.7. The summed E-state index contributed by atoms with van der Waals surface area (Å²) in [6.45, 7) is 3.35. The van der Waals surface area contributed by atoms with Gasteiger partial charge in [-0.05, 0) is 80.2 Å². The number of carbonyl (C=O) groups is 3. The summed E-state index contributed by atoms with van der Waals surface area (Å²) >= 11 is 0. The molecule has 206 valence electrons. The van der Waals surface area contributed by atoms with Gasteiger partial charge in [0.05, 0.1) is 0 Å². The first-order valence-electron chi connectivity index (χ1n) is 12.2. The summed E-state index contributed by atoms with van der Waals surface area (Å²) in [7, 11) is 0. The number of rotatable bonds is 9. The molecule has 1 amide bonds. The Morgan fingerprint density at radius 1 is 0.949 bits per heavy atom. The maximum absolute atomic E-state index is 13.0. The molecular formula is C27H28F2N4O6. The van der Waals surface area contributed by atoms with Crippen LogP contribution in [0, 0.1) is 17.6 Å². The van der Waals surface area contributed by atoms with Crippen LogP contribution >= 0.6 is 0 Å². The van der Waals surface area contributed by atoms with Crippen LogP contribution in [-0.4, -0.2) is 62.7 Å². The van der Waals surface area contributed by atoms with Crippen LogP contribution in [0.25, 0.3) is 11.5 Å². The highest BCUT2D eigenvalue weighted by molar-refractivity contribution is 5.90. The van der Waals surface area contributed by atoms with Gasteiger partial charge in [-0.15, -0.1) is 0 Å². The molecule has 0 aliphatic carbocycles. The molecule has 1 aliphatic rings. The lowest BCUT2D eigenvalue weighted by atomic mass is 9.93. The molecule has 0 bridgehead atoms. The molecule has 39 heavy (non-hydrogen) atoms. The van der Waals surface area contributed by atoms with Crippen LogP contribution < -0.4 is 5.32 Å². The molecule has 10 nitrogen and oxygen atoms in total. The molecular weight excluding hydrogens is 514 g/mol. The highest BCUT2D eigenvalue weighted by atomic mass is 19.1. The quantitative estimate of drug-likeness (QED) is 0.344. The molecule has 4 rings (SSSR count). The van der Waals surface area contributed by atoms with E-state index >= 15 is 0 Å². The van der Waals surface area contributed by atoms with Gasteiger partial charge in [-0.2, -0.15) is 4.98 Å². The lowest BCUT2D eigenvalue weighted by molar-refractivity contribution is -0.134. The minimum Gasteiger partial charge on any atom is -0.478 e. The molecule has 0 spiro atoms. The monoisotopic (exact) mass is 542 g/mol. The van der Waals surface area contributed by atoms with Crippen LogP contribution in [0.15, 0.2) is 65.2 Å². The predicted octanol–water partition coefficient (Wildman–Crippen LogP) is 3.76.